The maximum atomic E-state index is 4.08. The number of pyridine rings is 1. The first-order valence-electron chi connectivity index (χ1n) is 2.92. The normalized spacial score (nSPS) is 10.7. The van der Waals surface area contributed by atoms with E-state index in [0.29, 0.717) is 4.73 Å². The van der Waals surface area contributed by atoms with Crippen molar-refractivity contribution in [2.75, 3.05) is 0 Å². The van der Waals surface area contributed by atoms with Gasteiger partial charge in [0.2, 0.25) is 0 Å². The molecule has 0 aliphatic rings. The van der Waals surface area contributed by atoms with Gasteiger partial charge in [-0.3, -0.25) is 0 Å². The van der Waals surface area contributed by atoms with E-state index in [1.54, 1.807) is 6.20 Å². The number of halogens is 2. The molecule has 0 bridgehead atoms. The van der Waals surface area contributed by atoms with Crippen LogP contribution in [0.1, 0.15) is 0 Å². The lowest BCUT2D eigenvalue weighted by molar-refractivity contribution is 1.24. The summed E-state index contributed by atoms with van der Waals surface area (Å²) < 4.78 is 1.65. The minimum atomic E-state index is 0.707. The lowest BCUT2D eigenvalue weighted by Crippen LogP contribution is -1.74. The number of rotatable bonds is 0. The average molecular weight is 277 g/mol. The van der Waals surface area contributed by atoms with Crippen molar-refractivity contribution >= 4 is 43.0 Å². The minimum Gasteiger partial charge on any atom is -0.331 e. The van der Waals surface area contributed by atoms with Crippen molar-refractivity contribution in [3.8, 4) is 0 Å². The van der Waals surface area contributed by atoms with Crippen LogP contribution in [0.4, 0.5) is 0 Å². The third-order valence-corrected chi connectivity index (χ3v) is 2.08. The number of nitrogens with one attached hydrogen (secondary N) is 1. The number of aromatic nitrogens is 3. The van der Waals surface area contributed by atoms with Crippen LogP contribution < -0.4 is 0 Å². The number of fused-ring (bicyclic) bond motifs is 1. The maximum Gasteiger partial charge on any atom is 0.178 e. The first-order valence-corrected chi connectivity index (χ1v) is 4.51. The summed E-state index contributed by atoms with van der Waals surface area (Å²) in [4.78, 5) is 11.2. The fourth-order valence-electron chi connectivity index (χ4n) is 0.845. The van der Waals surface area contributed by atoms with Gasteiger partial charge in [0.25, 0.3) is 0 Å². The van der Waals surface area contributed by atoms with Crippen molar-refractivity contribution in [3.05, 3.63) is 21.5 Å². The lowest BCUT2D eigenvalue weighted by Gasteiger charge is -1.86. The van der Waals surface area contributed by atoms with Crippen LogP contribution in [-0.2, 0) is 0 Å². The van der Waals surface area contributed by atoms with Gasteiger partial charge in [0, 0.05) is 10.7 Å². The summed E-state index contributed by atoms with van der Waals surface area (Å²) in [5, 5.41) is 0. The summed E-state index contributed by atoms with van der Waals surface area (Å²) in [6.07, 6.45) is 1.72. The largest absolute Gasteiger partial charge is 0.331 e. The van der Waals surface area contributed by atoms with Gasteiger partial charge in [-0.2, -0.15) is 0 Å². The Morgan fingerprint density at radius 1 is 1.36 bits per heavy atom. The Labute approximate surface area is 79.5 Å². The molecule has 2 rings (SSSR count). The van der Waals surface area contributed by atoms with Crippen LogP contribution in [-0.4, -0.2) is 15.0 Å². The van der Waals surface area contributed by atoms with Crippen molar-refractivity contribution in [2.45, 2.75) is 0 Å². The molecule has 2 heterocycles. The molecule has 0 unspecified atom stereocenters. The third kappa shape index (κ3) is 1.30. The molecule has 0 aliphatic heterocycles. The highest BCUT2D eigenvalue weighted by molar-refractivity contribution is 9.10. The monoisotopic (exact) mass is 275 g/mol. The van der Waals surface area contributed by atoms with E-state index in [4.69, 9.17) is 0 Å². The van der Waals surface area contributed by atoms with Crippen LogP contribution in [0.15, 0.2) is 21.5 Å². The topological polar surface area (TPSA) is 41.6 Å². The molecule has 0 saturated heterocycles. The number of H-pyrrole nitrogens is 1. The van der Waals surface area contributed by atoms with E-state index < -0.39 is 0 Å². The molecular formula is C6H3Br2N3. The van der Waals surface area contributed by atoms with E-state index in [2.05, 4.69) is 46.8 Å². The zero-order valence-corrected chi connectivity index (χ0v) is 8.48. The minimum absolute atomic E-state index is 0.707. The maximum absolute atomic E-state index is 4.08. The second-order valence-corrected chi connectivity index (χ2v) is 3.72. The Balaban J connectivity index is 2.82. The predicted molar refractivity (Wildman–Crippen MR) is 49.3 cm³/mol. The molecule has 56 valence electrons. The summed E-state index contributed by atoms with van der Waals surface area (Å²) in [7, 11) is 0. The molecule has 0 amide bonds. The zero-order valence-electron chi connectivity index (χ0n) is 5.31. The average Bonchev–Trinajstić information content (AvgIpc) is 2.27. The molecule has 0 atom stereocenters. The molecule has 2 aromatic rings. The molecule has 1 N–H and O–H groups in total. The summed E-state index contributed by atoms with van der Waals surface area (Å²) in [5.41, 5.74) is 1.64. The number of nitrogens with zero attached hydrogens (tertiary/aromatic N) is 2. The molecule has 5 heteroatoms. The molecule has 0 aromatic carbocycles. The van der Waals surface area contributed by atoms with Gasteiger partial charge in [0.05, 0.1) is 5.52 Å². The molecule has 0 aliphatic carbocycles. The second-order valence-electron chi connectivity index (χ2n) is 2.05. The van der Waals surface area contributed by atoms with Gasteiger partial charge in [-0.15, -0.1) is 0 Å². The zero-order chi connectivity index (χ0) is 7.84. The Morgan fingerprint density at radius 3 is 3.00 bits per heavy atom. The molecule has 3 nitrogen and oxygen atoms in total. The number of aromatic amines is 1. The third-order valence-electron chi connectivity index (χ3n) is 1.28. The fraction of sp³-hybridized carbons (Fsp3) is 0. The molecule has 11 heavy (non-hydrogen) atoms. The van der Waals surface area contributed by atoms with Gasteiger partial charge in [-0.25, -0.2) is 9.97 Å². The summed E-state index contributed by atoms with van der Waals surface area (Å²) >= 11 is 6.54. The van der Waals surface area contributed by atoms with Gasteiger partial charge in [-0.05, 0) is 37.9 Å². The van der Waals surface area contributed by atoms with Crippen LogP contribution in [0.5, 0.6) is 0 Å². The fourth-order valence-corrected chi connectivity index (χ4v) is 1.56. The predicted octanol–water partition coefficient (Wildman–Crippen LogP) is 2.48. The second kappa shape index (κ2) is 2.57. The van der Waals surface area contributed by atoms with Crippen LogP contribution in [0.2, 0.25) is 0 Å². The summed E-state index contributed by atoms with van der Waals surface area (Å²) in [6, 6.07) is 1.93. The van der Waals surface area contributed by atoms with E-state index in [1.807, 2.05) is 6.07 Å². The van der Waals surface area contributed by atoms with E-state index >= 15 is 0 Å². The molecule has 0 radical (unpaired) electrons. The number of hydrogen-bond acceptors (Lipinski definition) is 2. The molecular weight excluding hydrogens is 274 g/mol. The van der Waals surface area contributed by atoms with Crippen LogP contribution in [0.3, 0.4) is 0 Å². The van der Waals surface area contributed by atoms with E-state index in [-0.39, 0.29) is 0 Å². The number of imidazole rings is 1. The van der Waals surface area contributed by atoms with Crippen molar-refractivity contribution < 1.29 is 0 Å². The van der Waals surface area contributed by atoms with Crippen molar-refractivity contribution in [2.24, 2.45) is 0 Å². The van der Waals surface area contributed by atoms with Crippen LogP contribution in [0.25, 0.3) is 11.2 Å². The van der Waals surface area contributed by atoms with Crippen molar-refractivity contribution in [1.29, 1.82) is 0 Å². The molecule has 0 fully saturated rings. The van der Waals surface area contributed by atoms with Crippen LogP contribution >= 0.6 is 31.9 Å². The lowest BCUT2D eigenvalue weighted by atomic mass is 10.4. The summed E-state index contributed by atoms with van der Waals surface area (Å²) in [6.45, 7) is 0. The van der Waals surface area contributed by atoms with E-state index in [0.717, 1.165) is 15.6 Å². The highest BCUT2D eigenvalue weighted by Crippen LogP contribution is 2.16. The quantitative estimate of drug-likeness (QED) is 0.803. The van der Waals surface area contributed by atoms with Gasteiger partial charge in [0.1, 0.15) is 0 Å². The number of hydrogen-bond donors (Lipinski definition) is 1. The molecule has 2 aromatic heterocycles. The Morgan fingerprint density at radius 2 is 2.18 bits per heavy atom. The van der Waals surface area contributed by atoms with E-state index in [1.165, 1.54) is 0 Å². The van der Waals surface area contributed by atoms with Gasteiger partial charge < -0.3 is 4.98 Å². The van der Waals surface area contributed by atoms with Crippen molar-refractivity contribution in [3.63, 3.8) is 0 Å². The Kier molecular flexibility index (Phi) is 1.69. The highest BCUT2D eigenvalue weighted by atomic mass is 79.9. The molecule has 0 saturated carbocycles. The summed E-state index contributed by atoms with van der Waals surface area (Å²) in [5.74, 6) is 0. The SMILES string of the molecule is Brc1cnc2nc(Br)[nH]c2c1. The smallest absolute Gasteiger partial charge is 0.178 e. The Bertz CT molecular complexity index is 396. The van der Waals surface area contributed by atoms with Gasteiger partial charge in [-0.1, -0.05) is 0 Å². The van der Waals surface area contributed by atoms with Crippen LogP contribution in [0, 0.1) is 0 Å². The first-order chi connectivity index (χ1) is 5.25. The standard InChI is InChI=1S/C6H3Br2N3/c7-3-1-4-5(9-2-3)11-6(8)10-4/h1-2H,(H,9,10,11). The van der Waals surface area contributed by atoms with Gasteiger partial charge >= 0.3 is 0 Å². The highest BCUT2D eigenvalue weighted by Gasteiger charge is 2.00. The van der Waals surface area contributed by atoms with E-state index in [9.17, 15) is 0 Å². The van der Waals surface area contributed by atoms with Gasteiger partial charge in [0.15, 0.2) is 10.4 Å². The molecule has 0 spiro atoms. The Hall–Kier alpha value is -0.420. The first kappa shape index (κ1) is 7.24. The van der Waals surface area contributed by atoms with Crippen molar-refractivity contribution in [1.82, 2.24) is 15.0 Å².